The Morgan fingerprint density at radius 2 is 1.62 bits per heavy atom. The number of nitrogens with zero attached hydrogens (tertiary/aromatic N) is 1. The molecule has 4 aliphatic rings. The highest BCUT2D eigenvalue weighted by Gasteiger charge is 2.51. The SMILES string of the molecule is O=C(O)c1ccc(NC(=NCCOC23CC4CC(CC(C4)C2)C3)NCCc2ccccc2)cc1. The highest BCUT2D eigenvalue weighted by Crippen LogP contribution is 2.57. The fourth-order valence-corrected chi connectivity index (χ4v) is 6.57. The van der Waals surface area contributed by atoms with E-state index in [1.165, 1.54) is 44.1 Å². The van der Waals surface area contributed by atoms with Crippen LogP contribution in [0.1, 0.15) is 54.4 Å². The van der Waals surface area contributed by atoms with Gasteiger partial charge in [0.1, 0.15) is 0 Å². The smallest absolute Gasteiger partial charge is 0.335 e. The minimum Gasteiger partial charge on any atom is -0.478 e. The molecule has 180 valence electrons. The molecule has 0 saturated heterocycles. The van der Waals surface area contributed by atoms with Gasteiger partial charge in [-0.1, -0.05) is 30.3 Å². The molecule has 4 bridgehead atoms. The first-order valence-corrected chi connectivity index (χ1v) is 12.6. The van der Waals surface area contributed by atoms with E-state index < -0.39 is 5.97 Å². The minimum atomic E-state index is -0.928. The van der Waals surface area contributed by atoms with Gasteiger partial charge in [0, 0.05) is 12.2 Å². The lowest BCUT2D eigenvalue weighted by atomic mass is 9.54. The van der Waals surface area contributed by atoms with Crippen molar-refractivity contribution >= 4 is 17.6 Å². The molecule has 0 unspecified atom stereocenters. The van der Waals surface area contributed by atoms with Gasteiger partial charge in [0.15, 0.2) is 5.96 Å². The molecule has 6 rings (SSSR count). The zero-order valence-corrected chi connectivity index (χ0v) is 19.7. The van der Waals surface area contributed by atoms with Gasteiger partial charge in [0.2, 0.25) is 0 Å². The van der Waals surface area contributed by atoms with Crippen LogP contribution in [-0.2, 0) is 11.2 Å². The van der Waals surface area contributed by atoms with Crippen LogP contribution >= 0.6 is 0 Å². The molecule has 0 spiro atoms. The average molecular weight is 462 g/mol. The van der Waals surface area contributed by atoms with Crippen molar-refractivity contribution in [3.63, 3.8) is 0 Å². The summed E-state index contributed by atoms with van der Waals surface area (Å²) in [6.45, 7) is 1.98. The Hall–Kier alpha value is -2.86. The topological polar surface area (TPSA) is 83.0 Å². The van der Waals surface area contributed by atoms with E-state index in [0.29, 0.717) is 19.1 Å². The van der Waals surface area contributed by atoms with Crippen LogP contribution in [0.3, 0.4) is 0 Å². The Bertz CT molecular complexity index is 968. The monoisotopic (exact) mass is 461 g/mol. The fraction of sp³-hybridized carbons (Fsp3) is 0.500. The summed E-state index contributed by atoms with van der Waals surface area (Å²) in [5.74, 6) is 2.39. The average Bonchev–Trinajstić information content (AvgIpc) is 2.82. The standard InChI is InChI=1S/C28H35N3O3/c32-26(33)24-6-8-25(9-7-24)31-27(29-11-10-20-4-2-1-3-5-20)30-12-13-34-28-17-21-14-22(18-28)16-23(15-21)19-28/h1-9,21-23H,10-19H2,(H,32,33)(H2,29,30,31). The summed E-state index contributed by atoms with van der Waals surface area (Å²) in [5.41, 5.74) is 2.44. The zero-order valence-electron chi connectivity index (χ0n) is 19.7. The second-order valence-electron chi connectivity index (χ2n) is 10.3. The van der Waals surface area contributed by atoms with Crippen LogP contribution in [0.5, 0.6) is 0 Å². The molecule has 2 aromatic rings. The Morgan fingerprint density at radius 1 is 0.971 bits per heavy atom. The molecular formula is C28H35N3O3. The van der Waals surface area contributed by atoms with Crippen LogP contribution in [-0.4, -0.2) is 42.3 Å². The Kier molecular flexibility index (Phi) is 6.86. The van der Waals surface area contributed by atoms with Crippen molar-refractivity contribution in [1.29, 1.82) is 0 Å². The van der Waals surface area contributed by atoms with Crippen molar-refractivity contribution < 1.29 is 14.6 Å². The number of rotatable bonds is 9. The van der Waals surface area contributed by atoms with E-state index in [1.54, 1.807) is 24.3 Å². The maximum absolute atomic E-state index is 11.1. The Morgan fingerprint density at radius 3 is 2.24 bits per heavy atom. The normalized spacial score (nSPS) is 27.5. The van der Waals surface area contributed by atoms with Crippen molar-refractivity contribution in [3.05, 3.63) is 65.7 Å². The van der Waals surface area contributed by atoms with E-state index >= 15 is 0 Å². The molecule has 6 heteroatoms. The maximum Gasteiger partial charge on any atom is 0.335 e. The summed E-state index contributed by atoms with van der Waals surface area (Å²) < 4.78 is 6.53. The van der Waals surface area contributed by atoms with Gasteiger partial charge in [0.05, 0.1) is 24.3 Å². The summed E-state index contributed by atoms with van der Waals surface area (Å²) in [6.07, 6.45) is 8.85. The second kappa shape index (κ2) is 10.2. The number of hydrogen-bond acceptors (Lipinski definition) is 3. The van der Waals surface area contributed by atoms with Crippen LogP contribution < -0.4 is 10.6 Å². The largest absolute Gasteiger partial charge is 0.478 e. The van der Waals surface area contributed by atoms with Crippen molar-refractivity contribution in [1.82, 2.24) is 5.32 Å². The molecule has 0 aromatic heterocycles. The number of nitrogens with one attached hydrogen (secondary N) is 2. The second-order valence-corrected chi connectivity index (χ2v) is 10.3. The van der Waals surface area contributed by atoms with E-state index in [-0.39, 0.29) is 11.2 Å². The predicted octanol–water partition coefficient (Wildman–Crippen LogP) is 4.97. The lowest BCUT2D eigenvalue weighted by Gasteiger charge is -2.56. The van der Waals surface area contributed by atoms with E-state index in [1.807, 2.05) is 18.2 Å². The molecule has 0 aliphatic heterocycles. The molecule has 3 N–H and O–H groups in total. The summed E-state index contributed by atoms with van der Waals surface area (Å²) >= 11 is 0. The van der Waals surface area contributed by atoms with Crippen LogP contribution in [0, 0.1) is 17.8 Å². The highest BCUT2D eigenvalue weighted by molar-refractivity contribution is 5.94. The van der Waals surface area contributed by atoms with E-state index in [2.05, 4.69) is 22.8 Å². The van der Waals surface area contributed by atoms with Gasteiger partial charge in [0.25, 0.3) is 0 Å². The third-order valence-corrected chi connectivity index (χ3v) is 7.70. The zero-order chi connectivity index (χ0) is 23.4. The summed E-state index contributed by atoms with van der Waals surface area (Å²) in [6, 6.07) is 17.1. The molecular weight excluding hydrogens is 426 g/mol. The number of guanidine groups is 1. The number of carboxylic acids is 1. The first kappa shape index (κ1) is 22.9. The molecule has 4 saturated carbocycles. The predicted molar refractivity (Wildman–Crippen MR) is 134 cm³/mol. The van der Waals surface area contributed by atoms with Gasteiger partial charge in [-0.3, -0.25) is 4.99 Å². The van der Waals surface area contributed by atoms with E-state index in [9.17, 15) is 4.79 Å². The number of aliphatic imine (C=N–C) groups is 1. The number of carbonyl (C=O) groups is 1. The van der Waals surface area contributed by atoms with Crippen molar-refractivity contribution in [2.45, 2.75) is 50.5 Å². The number of carboxylic acid groups (broad SMARTS) is 1. The molecule has 6 nitrogen and oxygen atoms in total. The number of benzene rings is 2. The van der Waals surface area contributed by atoms with Crippen LogP contribution in [0.25, 0.3) is 0 Å². The number of aromatic carboxylic acids is 1. The van der Waals surface area contributed by atoms with E-state index in [4.69, 9.17) is 14.8 Å². The maximum atomic E-state index is 11.1. The minimum absolute atomic E-state index is 0.102. The fourth-order valence-electron chi connectivity index (χ4n) is 6.57. The Balaban J connectivity index is 1.18. The van der Waals surface area contributed by atoms with Crippen LogP contribution in [0.4, 0.5) is 5.69 Å². The van der Waals surface area contributed by atoms with Crippen molar-refractivity contribution in [2.75, 3.05) is 25.0 Å². The third kappa shape index (κ3) is 5.61. The summed E-state index contributed by atoms with van der Waals surface area (Å²) in [4.78, 5) is 15.9. The molecule has 0 radical (unpaired) electrons. The Labute approximate surface area is 201 Å². The lowest BCUT2D eigenvalue weighted by Crippen LogP contribution is -2.52. The molecule has 0 atom stereocenters. The summed E-state index contributed by atoms with van der Waals surface area (Å²) in [7, 11) is 0. The van der Waals surface area contributed by atoms with Gasteiger partial charge in [-0.05, 0) is 92.5 Å². The van der Waals surface area contributed by atoms with Gasteiger partial charge in [-0.15, -0.1) is 0 Å². The van der Waals surface area contributed by atoms with Crippen LogP contribution in [0.2, 0.25) is 0 Å². The van der Waals surface area contributed by atoms with Crippen molar-refractivity contribution in [2.24, 2.45) is 22.7 Å². The van der Waals surface area contributed by atoms with Gasteiger partial charge in [-0.2, -0.15) is 0 Å². The quantitative estimate of drug-likeness (QED) is 0.279. The highest BCUT2D eigenvalue weighted by atomic mass is 16.5. The third-order valence-electron chi connectivity index (χ3n) is 7.70. The van der Waals surface area contributed by atoms with Gasteiger partial charge in [-0.25, -0.2) is 4.79 Å². The van der Waals surface area contributed by atoms with E-state index in [0.717, 1.165) is 36.4 Å². The van der Waals surface area contributed by atoms with Crippen LogP contribution in [0.15, 0.2) is 59.6 Å². The summed E-state index contributed by atoms with van der Waals surface area (Å²) in [5, 5.41) is 15.9. The number of ether oxygens (including phenoxy) is 1. The van der Waals surface area contributed by atoms with Gasteiger partial charge >= 0.3 is 5.97 Å². The number of anilines is 1. The molecule has 0 amide bonds. The molecule has 2 aromatic carbocycles. The van der Waals surface area contributed by atoms with Gasteiger partial charge < -0.3 is 20.5 Å². The molecule has 34 heavy (non-hydrogen) atoms. The van der Waals surface area contributed by atoms with Crippen molar-refractivity contribution in [3.8, 4) is 0 Å². The first-order chi connectivity index (χ1) is 16.6. The lowest BCUT2D eigenvalue weighted by molar-refractivity contribution is -0.160. The number of hydrogen-bond donors (Lipinski definition) is 3. The molecule has 4 aliphatic carbocycles. The first-order valence-electron chi connectivity index (χ1n) is 12.6. The molecule has 0 heterocycles. The molecule has 4 fully saturated rings.